The van der Waals surface area contributed by atoms with Gasteiger partial charge in [0.15, 0.2) is 16.8 Å². The predicted octanol–water partition coefficient (Wildman–Crippen LogP) is 3.87. The molecule has 0 radical (unpaired) electrons. The molecule has 3 aromatic rings. The summed E-state index contributed by atoms with van der Waals surface area (Å²) in [7, 11) is 0. The van der Waals surface area contributed by atoms with Crippen molar-refractivity contribution < 1.29 is 17.6 Å². The Morgan fingerprint density at radius 3 is 2.52 bits per heavy atom. The molecule has 0 aliphatic rings. The molecule has 27 heavy (non-hydrogen) atoms. The zero-order chi connectivity index (χ0) is 19.9. The summed E-state index contributed by atoms with van der Waals surface area (Å²) in [6.45, 7) is 1.15. The lowest BCUT2D eigenvalue weighted by Gasteiger charge is -2.18. The number of alkyl halides is 2. The Bertz CT molecular complexity index is 1090. The van der Waals surface area contributed by atoms with E-state index in [2.05, 4.69) is 9.97 Å². The molecule has 2 heterocycles. The van der Waals surface area contributed by atoms with Gasteiger partial charge in [-0.1, -0.05) is 11.8 Å². The standard InChI is InChI=1S/C17H14F4N4OS/c1-7(14(20)21)25-15-8(6-23-17(24-15)27-2)5-10(16(25)26)9-3-4-11(22)13(19)12(9)18/h3-7,14H,22H2,1-2H3. The number of halogens is 4. The van der Waals surface area contributed by atoms with E-state index in [4.69, 9.17) is 5.73 Å². The fraction of sp³-hybridized carbons (Fsp3) is 0.235. The maximum absolute atomic E-state index is 14.4. The molecule has 0 amide bonds. The van der Waals surface area contributed by atoms with E-state index >= 15 is 0 Å². The number of nitrogen functional groups attached to an aromatic ring is 1. The molecule has 1 aromatic carbocycles. The topological polar surface area (TPSA) is 73.8 Å². The highest BCUT2D eigenvalue weighted by molar-refractivity contribution is 7.98. The molecule has 1 unspecified atom stereocenters. The first kappa shape index (κ1) is 19.2. The van der Waals surface area contributed by atoms with Crippen LogP contribution in [0.15, 0.2) is 34.3 Å². The number of fused-ring (bicyclic) bond motifs is 1. The number of hydrogen-bond donors (Lipinski definition) is 1. The van der Waals surface area contributed by atoms with Crippen molar-refractivity contribution in [2.24, 2.45) is 0 Å². The lowest BCUT2D eigenvalue weighted by atomic mass is 10.0. The first-order valence-electron chi connectivity index (χ1n) is 7.74. The molecule has 0 bridgehead atoms. The molecule has 0 saturated carbocycles. The van der Waals surface area contributed by atoms with Gasteiger partial charge in [-0.2, -0.15) is 0 Å². The number of anilines is 1. The molecule has 0 spiro atoms. The van der Waals surface area contributed by atoms with E-state index < -0.39 is 35.3 Å². The van der Waals surface area contributed by atoms with Crippen LogP contribution in [0.4, 0.5) is 23.2 Å². The van der Waals surface area contributed by atoms with Gasteiger partial charge in [-0.05, 0) is 31.4 Å². The minimum absolute atomic E-state index is 0.00720. The van der Waals surface area contributed by atoms with Crippen LogP contribution in [0.3, 0.4) is 0 Å². The Morgan fingerprint density at radius 2 is 1.89 bits per heavy atom. The summed E-state index contributed by atoms with van der Waals surface area (Å²) in [5.74, 6) is -2.64. The molecule has 5 nitrogen and oxygen atoms in total. The molecular formula is C17H14F4N4OS. The molecule has 2 N–H and O–H groups in total. The summed E-state index contributed by atoms with van der Waals surface area (Å²) in [5.41, 5.74) is 3.32. The number of pyridine rings is 1. The van der Waals surface area contributed by atoms with Crippen molar-refractivity contribution in [2.75, 3.05) is 12.0 Å². The number of benzene rings is 1. The van der Waals surface area contributed by atoms with Crippen LogP contribution in [0.2, 0.25) is 0 Å². The molecular weight excluding hydrogens is 384 g/mol. The van der Waals surface area contributed by atoms with E-state index in [0.29, 0.717) is 0 Å². The second-order valence-electron chi connectivity index (χ2n) is 5.77. The van der Waals surface area contributed by atoms with Crippen LogP contribution >= 0.6 is 11.8 Å². The molecule has 1 atom stereocenters. The second-order valence-corrected chi connectivity index (χ2v) is 6.55. The van der Waals surface area contributed by atoms with Gasteiger partial charge in [0.1, 0.15) is 5.65 Å². The van der Waals surface area contributed by atoms with Crippen molar-refractivity contribution in [2.45, 2.75) is 24.5 Å². The SMILES string of the molecule is CSc1ncc2cc(-c3ccc(N)c(F)c3F)c(=O)n(C(C)C(F)F)c2n1. The number of aromatic nitrogens is 3. The van der Waals surface area contributed by atoms with Crippen LogP contribution in [-0.2, 0) is 0 Å². The quantitative estimate of drug-likeness (QED) is 0.313. The zero-order valence-electron chi connectivity index (χ0n) is 14.2. The van der Waals surface area contributed by atoms with Gasteiger partial charge in [0.2, 0.25) is 0 Å². The van der Waals surface area contributed by atoms with Crippen molar-refractivity contribution in [3.63, 3.8) is 0 Å². The first-order valence-corrected chi connectivity index (χ1v) is 8.97. The average molecular weight is 398 g/mol. The molecule has 0 fully saturated rings. The van der Waals surface area contributed by atoms with Crippen LogP contribution in [0.1, 0.15) is 13.0 Å². The summed E-state index contributed by atoms with van der Waals surface area (Å²) in [6.07, 6.45) is 0.167. The predicted molar refractivity (Wildman–Crippen MR) is 96.1 cm³/mol. The number of rotatable bonds is 4. The molecule has 0 saturated heterocycles. The summed E-state index contributed by atoms with van der Waals surface area (Å²) in [4.78, 5) is 21.1. The van der Waals surface area contributed by atoms with Gasteiger partial charge in [0, 0.05) is 17.1 Å². The Balaban J connectivity index is 2.41. The van der Waals surface area contributed by atoms with E-state index in [1.165, 1.54) is 24.0 Å². The smallest absolute Gasteiger partial charge is 0.260 e. The normalized spacial score (nSPS) is 12.7. The fourth-order valence-electron chi connectivity index (χ4n) is 2.66. The minimum atomic E-state index is -2.87. The van der Waals surface area contributed by atoms with E-state index in [0.717, 1.165) is 23.6 Å². The number of nitrogens with zero attached hydrogens (tertiary/aromatic N) is 3. The number of thioether (sulfide) groups is 1. The third-order valence-electron chi connectivity index (χ3n) is 4.11. The minimum Gasteiger partial charge on any atom is -0.396 e. The molecule has 10 heteroatoms. The summed E-state index contributed by atoms with van der Waals surface area (Å²) in [5, 5.41) is 0.529. The van der Waals surface area contributed by atoms with E-state index in [1.807, 2.05) is 0 Å². The van der Waals surface area contributed by atoms with Gasteiger partial charge in [-0.15, -0.1) is 0 Å². The van der Waals surface area contributed by atoms with Gasteiger partial charge in [0.25, 0.3) is 12.0 Å². The van der Waals surface area contributed by atoms with Gasteiger partial charge in [0.05, 0.1) is 17.3 Å². The molecule has 142 valence electrons. The summed E-state index contributed by atoms with van der Waals surface area (Å²) < 4.78 is 55.7. The van der Waals surface area contributed by atoms with Crippen molar-refractivity contribution in [1.29, 1.82) is 0 Å². The van der Waals surface area contributed by atoms with Crippen molar-refractivity contribution in [1.82, 2.24) is 14.5 Å². The van der Waals surface area contributed by atoms with Gasteiger partial charge < -0.3 is 5.73 Å². The number of hydrogen-bond acceptors (Lipinski definition) is 5. The number of nitrogens with two attached hydrogens (primary N) is 1. The van der Waals surface area contributed by atoms with Crippen molar-refractivity contribution in [3.8, 4) is 11.1 Å². The molecule has 2 aromatic heterocycles. The Labute approximate surface area is 155 Å². The van der Waals surface area contributed by atoms with Gasteiger partial charge in [-0.3, -0.25) is 9.36 Å². The largest absolute Gasteiger partial charge is 0.396 e. The summed E-state index contributed by atoms with van der Waals surface area (Å²) >= 11 is 1.18. The van der Waals surface area contributed by atoms with E-state index in [1.54, 1.807) is 6.26 Å². The lowest BCUT2D eigenvalue weighted by molar-refractivity contribution is 0.0916. The summed E-state index contributed by atoms with van der Waals surface area (Å²) in [6, 6.07) is 1.95. The zero-order valence-corrected chi connectivity index (χ0v) is 15.0. The maximum Gasteiger partial charge on any atom is 0.260 e. The monoisotopic (exact) mass is 398 g/mol. The third kappa shape index (κ3) is 3.25. The van der Waals surface area contributed by atoms with Crippen LogP contribution in [0.5, 0.6) is 0 Å². The Morgan fingerprint density at radius 1 is 1.19 bits per heavy atom. The first-order chi connectivity index (χ1) is 12.8. The van der Waals surface area contributed by atoms with Crippen molar-refractivity contribution in [3.05, 3.63) is 46.4 Å². The average Bonchev–Trinajstić information content (AvgIpc) is 2.65. The fourth-order valence-corrected chi connectivity index (χ4v) is 2.99. The van der Waals surface area contributed by atoms with Crippen LogP contribution in [0, 0.1) is 11.6 Å². The van der Waals surface area contributed by atoms with E-state index in [-0.39, 0.29) is 27.3 Å². The second kappa shape index (κ2) is 7.18. The van der Waals surface area contributed by atoms with Crippen LogP contribution in [-0.4, -0.2) is 27.2 Å². The van der Waals surface area contributed by atoms with Gasteiger partial charge >= 0.3 is 0 Å². The Hall–Kier alpha value is -2.62. The highest BCUT2D eigenvalue weighted by atomic mass is 32.2. The van der Waals surface area contributed by atoms with Crippen LogP contribution < -0.4 is 11.3 Å². The highest BCUT2D eigenvalue weighted by Gasteiger charge is 2.25. The maximum atomic E-state index is 14.4. The van der Waals surface area contributed by atoms with Crippen molar-refractivity contribution >= 4 is 28.5 Å². The Kier molecular flexibility index (Phi) is 5.09. The highest BCUT2D eigenvalue weighted by Crippen LogP contribution is 2.29. The molecule has 0 aliphatic heterocycles. The van der Waals surface area contributed by atoms with E-state index in [9.17, 15) is 22.4 Å². The van der Waals surface area contributed by atoms with Gasteiger partial charge in [-0.25, -0.2) is 27.5 Å². The van der Waals surface area contributed by atoms with Crippen LogP contribution in [0.25, 0.3) is 22.2 Å². The molecule has 3 rings (SSSR count). The lowest BCUT2D eigenvalue weighted by Crippen LogP contribution is -2.29. The third-order valence-corrected chi connectivity index (χ3v) is 4.67. The molecule has 0 aliphatic carbocycles.